The Balaban J connectivity index is 0.668. The number of aromatic nitrogens is 3. The fraction of sp³-hybridized carbons (Fsp3) is 0.537. The number of hydrogen-bond donors (Lipinski definition) is 3. The number of piperazine rings is 2. The second-order valence-electron chi connectivity index (χ2n) is 21.9. The molecule has 2 amide bonds. The van der Waals surface area contributed by atoms with Gasteiger partial charge in [0.25, 0.3) is 0 Å². The number of halogens is 3. The molecule has 7 aliphatic rings. The summed E-state index contributed by atoms with van der Waals surface area (Å²) in [5.41, 5.74) is 2.55. The number of anilines is 2. The van der Waals surface area contributed by atoms with Crippen molar-refractivity contribution < 1.29 is 32.6 Å². The number of imide groups is 1. The first-order chi connectivity index (χ1) is 33.9. The lowest BCUT2D eigenvalue weighted by molar-refractivity contribution is -0.134. The van der Waals surface area contributed by atoms with Gasteiger partial charge in [0, 0.05) is 99.3 Å². The smallest absolute Gasteiger partial charge is 0.319 e. The molecular weight excluding hydrogens is 896 g/mol. The first-order valence-electron chi connectivity index (χ1n) is 25.7. The number of hydrogen-bond acceptors (Lipinski definition) is 12. The van der Waals surface area contributed by atoms with E-state index >= 15 is 13.2 Å². The third-order valence-corrected chi connectivity index (χ3v) is 17.1. The lowest BCUT2D eigenvalue weighted by Crippen LogP contribution is -2.53. The van der Waals surface area contributed by atoms with Gasteiger partial charge >= 0.3 is 6.01 Å². The number of nitrogens with zero attached hydrogens (tertiary/aromatic N) is 7. The zero-order valence-corrected chi connectivity index (χ0v) is 39.9. The number of aromatic hydroxyl groups is 1. The van der Waals surface area contributed by atoms with E-state index in [9.17, 15) is 14.7 Å². The van der Waals surface area contributed by atoms with Crippen LogP contribution in [0.4, 0.5) is 24.7 Å². The molecule has 3 atom stereocenters. The highest BCUT2D eigenvalue weighted by Gasteiger charge is 2.50. The number of rotatable bonds is 12. The minimum Gasteiger partial charge on any atom is -0.508 e. The molecule has 368 valence electrons. The fourth-order valence-electron chi connectivity index (χ4n) is 13.2. The summed E-state index contributed by atoms with van der Waals surface area (Å²) in [4.78, 5) is 47.8. The maximum absolute atomic E-state index is 17.2. The lowest BCUT2D eigenvalue weighted by atomic mass is 9.57. The van der Waals surface area contributed by atoms with Crippen LogP contribution in [0.5, 0.6) is 11.8 Å². The number of piperidine rings is 2. The average molecular weight is 958 g/mol. The lowest BCUT2D eigenvalue weighted by Gasteiger charge is -2.54. The largest absolute Gasteiger partial charge is 0.508 e. The van der Waals surface area contributed by atoms with Crippen molar-refractivity contribution in [2.24, 2.45) is 16.7 Å². The van der Waals surface area contributed by atoms with Crippen molar-refractivity contribution in [1.82, 2.24) is 35.4 Å². The Bertz CT molecular complexity index is 2840. The third-order valence-electron chi connectivity index (χ3n) is 17.1. The van der Waals surface area contributed by atoms with Crippen LogP contribution >= 0.6 is 0 Å². The highest BCUT2D eigenvalue weighted by molar-refractivity contribution is 6.02. The van der Waals surface area contributed by atoms with Gasteiger partial charge in [-0.3, -0.25) is 24.8 Å². The van der Waals surface area contributed by atoms with E-state index in [2.05, 4.69) is 32.3 Å². The van der Waals surface area contributed by atoms with Crippen LogP contribution in [0.3, 0.4) is 0 Å². The van der Waals surface area contributed by atoms with Gasteiger partial charge in [-0.1, -0.05) is 25.1 Å². The normalized spacial score (nSPS) is 24.7. The Hall–Kier alpha value is -5.58. The van der Waals surface area contributed by atoms with E-state index < -0.39 is 35.2 Å². The number of amides is 2. The molecule has 2 aliphatic carbocycles. The Morgan fingerprint density at radius 3 is 2.30 bits per heavy atom. The number of likely N-dealkylation sites (tertiary alicyclic amines) is 1. The van der Waals surface area contributed by atoms with Crippen LogP contribution in [0.1, 0.15) is 88.2 Å². The summed E-state index contributed by atoms with van der Waals surface area (Å²) < 4.78 is 54.3. The van der Waals surface area contributed by atoms with Crippen LogP contribution in [0.25, 0.3) is 32.9 Å². The number of phenolic OH excluding ortho intramolecular Hbond substituents is 1. The molecule has 5 aromatic rings. The molecule has 2 bridgehead atoms. The Morgan fingerprint density at radius 1 is 0.857 bits per heavy atom. The quantitative estimate of drug-likeness (QED) is 0.107. The van der Waals surface area contributed by atoms with Gasteiger partial charge in [-0.2, -0.15) is 9.97 Å². The summed E-state index contributed by atoms with van der Waals surface area (Å²) in [6, 6.07) is 12.8. The van der Waals surface area contributed by atoms with E-state index in [-0.39, 0.29) is 46.8 Å². The number of fused-ring (bicyclic) bond motifs is 4. The summed E-state index contributed by atoms with van der Waals surface area (Å²) in [6.07, 6.45) is 11.8. The Morgan fingerprint density at radius 2 is 1.60 bits per heavy atom. The van der Waals surface area contributed by atoms with Crippen molar-refractivity contribution in [2.75, 3.05) is 81.9 Å². The highest BCUT2D eigenvalue weighted by atomic mass is 19.1. The molecule has 2 aromatic heterocycles. The molecule has 2 saturated carbocycles. The van der Waals surface area contributed by atoms with Crippen LogP contribution in [0, 0.1) is 34.2 Å². The molecule has 5 aliphatic heterocycles. The van der Waals surface area contributed by atoms with Gasteiger partial charge in [0.2, 0.25) is 11.8 Å². The predicted octanol–water partition coefficient (Wildman–Crippen LogP) is 7.46. The van der Waals surface area contributed by atoms with E-state index in [1.165, 1.54) is 37.8 Å². The predicted molar refractivity (Wildman–Crippen MR) is 262 cm³/mol. The molecule has 7 fully saturated rings. The molecule has 1 spiro atoms. The van der Waals surface area contributed by atoms with Crippen molar-refractivity contribution in [1.29, 1.82) is 0 Å². The second-order valence-corrected chi connectivity index (χ2v) is 21.9. The van der Waals surface area contributed by atoms with Gasteiger partial charge in [0.05, 0.1) is 17.9 Å². The van der Waals surface area contributed by atoms with Crippen molar-refractivity contribution in [3.8, 4) is 23.0 Å². The van der Waals surface area contributed by atoms with Crippen LogP contribution < -0.4 is 25.2 Å². The molecule has 16 heteroatoms. The van der Waals surface area contributed by atoms with Gasteiger partial charge < -0.3 is 29.9 Å². The Labute approximate surface area is 406 Å². The molecule has 3 unspecified atom stereocenters. The maximum atomic E-state index is 17.2. The summed E-state index contributed by atoms with van der Waals surface area (Å²) in [6.45, 7) is 11.2. The highest BCUT2D eigenvalue weighted by Crippen LogP contribution is 2.54. The van der Waals surface area contributed by atoms with Crippen molar-refractivity contribution >= 4 is 45.0 Å². The first kappa shape index (κ1) is 45.6. The van der Waals surface area contributed by atoms with E-state index in [0.29, 0.717) is 65.6 Å². The van der Waals surface area contributed by atoms with E-state index in [4.69, 9.17) is 19.7 Å². The summed E-state index contributed by atoms with van der Waals surface area (Å²) in [5, 5.41) is 18.9. The summed E-state index contributed by atoms with van der Waals surface area (Å²) in [5.74, 6) is -2.73. The second kappa shape index (κ2) is 17.9. The molecular formula is C54H62F3N9O4. The third kappa shape index (κ3) is 8.61. The minimum absolute atomic E-state index is 0.00749. The van der Waals surface area contributed by atoms with Gasteiger partial charge in [-0.15, -0.1) is 0 Å². The standard InChI is InChI=1S/C54H62F3N9O4/c1-2-33-4-3-5-34-20-38(67)23-40(45(33)34)48-47(57)49-41(26-58-48)50(66-28-35-6-7-36(29-66)59-35)62-52(61-49)70-31-54(10-11-54)30-64-14-12-53(13-15-64)24-32(25-53)27-63-16-18-65(19-17-63)37-21-42(55)46(43(56)22-37)39-8-9-44(68)60-51(39)69/h3-5,20-23,26,32,35-36,39,59,67H,2,6-19,24-25,27-31H2,1H3,(H,60,68,69). The van der Waals surface area contributed by atoms with Crippen LogP contribution in [-0.4, -0.2) is 126 Å². The van der Waals surface area contributed by atoms with Crippen LogP contribution in [0.2, 0.25) is 0 Å². The Kier molecular flexibility index (Phi) is 11.7. The minimum atomic E-state index is -1.00. The fourth-order valence-corrected chi connectivity index (χ4v) is 13.2. The number of ether oxygens (including phenoxy) is 1. The van der Waals surface area contributed by atoms with Crippen LogP contribution in [0.15, 0.2) is 48.7 Å². The number of benzene rings is 3. The number of carbonyl (C=O) groups is 2. The van der Waals surface area contributed by atoms with Crippen LogP contribution in [-0.2, 0) is 16.0 Å². The molecule has 5 saturated heterocycles. The van der Waals surface area contributed by atoms with Crippen molar-refractivity contribution in [3.05, 3.63) is 77.2 Å². The van der Waals surface area contributed by atoms with Gasteiger partial charge in [0.1, 0.15) is 34.4 Å². The van der Waals surface area contributed by atoms with E-state index in [1.807, 2.05) is 23.1 Å². The molecule has 7 heterocycles. The topological polar surface area (TPSA) is 139 Å². The number of nitrogens with one attached hydrogen (secondary N) is 2. The average Bonchev–Trinajstić information content (AvgIpc) is 4.03. The molecule has 12 rings (SSSR count). The molecule has 0 radical (unpaired) electrons. The van der Waals surface area contributed by atoms with Gasteiger partial charge in [-0.05, 0) is 129 Å². The zero-order chi connectivity index (χ0) is 47.9. The summed E-state index contributed by atoms with van der Waals surface area (Å²) >= 11 is 0. The molecule has 3 N–H and O–H groups in total. The van der Waals surface area contributed by atoms with E-state index in [1.54, 1.807) is 18.3 Å². The maximum Gasteiger partial charge on any atom is 0.319 e. The SMILES string of the molecule is CCc1cccc2cc(O)cc(-c3ncc4c(N5CC6CCC(C5)N6)nc(OCC5(CN6CCC7(CC6)CC(CN6CCN(c8cc(F)c(C9CCC(=O)NC9=O)c(F)c8)CC6)C7)CC5)nc4c3F)c12. The first-order valence-corrected chi connectivity index (χ1v) is 25.7. The molecule has 13 nitrogen and oxygen atoms in total. The number of phenols is 1. The number of pyridine rings is 1. The van der Waals surface area contributed by atoms with Crippen molar-refractivity contribution in [3.63, 3.8) is 0 Å². The number of aryl methyl sites for hydroxylation is 1. The molecule has 3 aromatic carbocycles. The van der Waals surface area contributed by atoms with E-state index in [0.717, 1.165) is 101 Å². The summed E-state index contributed by atoms with van der Waals surface area (Å²) in [7, 11) is 0. The number of carbonyl (C=O) groups excluding carboxylic acids is 2. The van der Waals surface area contributed by atoms with Crippen molar-refractivity contribution in [2.45, 2.75) is 95.6 Å². The van der Waals surface area contributed by atoms with Gasteiger partial charge in [-0.25, -0.2) is 13.2 Å². The molecule has 70 heavy (non-hydrogen) atoms. The monoisotopic (exact) mass is 957 g/mol. The van der Waals surface area contributed by atoms with Gasteiger partial charge in [0.15, 0.2) is 5.82 Å². The zero-order valence-electron chi connectivity index (χ0n) is 39.9.